The largest absolute Gasteiger partial charge is 0.495 e. The number of anilines is 1. The monoisotopic (exact) mass is 280 g/mol. The van der Waals surface area contributed by atoms with E-state index in [-0.39, 0.29) is 18.1 Å². The van der Waals surface area contributed by atoms with E-state index >= 15 is 0 Å². The fourth-order valence-corrected chi connectivity index (χ4v) is 1.53. The molecular formula is C14H20N2O4. The number of ether oxygens (including phenoxy) is 2. The molecule has 0 aliphatic carbocycles. The lowest BCUT2D eigenvalue weighted by Crippen LogP contribution is -2.29. The molecule has 0 unspecified atom stereocenters. The zero-order valence-electron chi connectivity index (χ0n) is 11.8. The molecule has 6 heteroatoms. The second kappa shape index (κ2) is 8.04. The average molecular weight is 280 g/mol. The van der Waals surface area contributed by atoms with Crippen LogP contribution in [-0.4, -0.2) is 32.1 Å². The Morgan fingerprint density at radius 3 is 2.70 bits per heavy atom. The molecule has 20 heavy (non-hydrogen) atoms. The molecular weight excluding hydrogens is 260 g/mol. The third-order valence-corrected chi connectivity index (χ3v) is 2.65. The van der Waals surface area contributed by atoms with Gasteiger partial charge < -0.3 is 20.5 Å². The molecule has 0 atom stereocenters. The minimum Gasteiger partial charge on any atom is -0.495 e. The van der Waals surface area contributed by atoms with Gasteiger partial charge in [-0.05, 0) is 24.6 Å². The molecule has 0 bridgehead atoms. The lowest BCUT2D eigenvalue weighted by atomic mass is 10.2. The topological polar surface area (TPSA) is 90.6 Å². The van der Waals surface area contributed by atoms with Crippen LogP contribution in [0.5, 0.6) is 5.75 Å². The molecule has 0 fully saturated rings. The number of nitrogens with two attached hydrogens (primary N) is 1. The van der Waals surface area contributed by atoms with E-state index in [1.54, 1.807) is 6.07 Å². The predicted octanol–water partition coefficient (Wildman–Crippen LogP) is 1.35. The molecule has 1 rings (SSSR count). The van der Waals surface area contributed by atoms with Gasteiger partial charge >= 0.3 is 5.97 Å². The standard InChI is InChI=1S/C14H20N2O4/c1-3-4-7-16-13(17)9-20-14(18)10-5-6-12(19-2)11(15)8-10/h5-6,8H,3-4,7,9,15H2,1-2H3,(H,16,17). The van der Waals surface area contributed by atoms with Crippen LogP contribution in [0.4, 0.5) is 5.69 Å². The highest BCUT2D eigenvalue weighted by Gasteiger charge is 2.11. The number of rotatable bonds is 7. The molecule has 3 N–H and O–H groups in total. The van der Waals surface area contributed by atoms with Crippen LogP contribution in [0.1, 0.15) is 30.1 Å². The van der Waals surface area contributed by atoms with Gasteiger partial charge in [0.1, 0.15) is 5.75 Å². The van der Waals surface area contributed by atoms with Crippen molar-refractivity contribution in [2.24, 2.45) is 0 Å². The molecule has 0 aromatic heterocycles. The van der Waals surface area contributed by atoms with E-state index in [1.807, 2.05) is 6.92 Å². The van der Waals surface area contributed by atoms with Crippen LogP contribution in [0, 0.1) is 0 Å². The van der Waals surface area contributed by atoms with E-state index in [0.29, 0.717) is 18.0 Å². The van der Waals surface area contributed by atoms with Crippen LogP contribution < -0.4 is 15.8 Å². The van der Waals surface area contributed by atoms with E-state index in [4.69, 9.17) is 15.2 Å². The van der Waals surface area contributed by atoms with Gasteiger partial charge in [-0.2, -0.15) is 0 Å². The van der Waals surface area contributed by atoms with Gasteiger partial charge in [0.15, 0.2) is 6.61 Å². The number of nitrogens with one attached hydrogen (secondary N) is 1. The first-order valence-electron chi connectivity index (χ1n) is 6.45. The quantitative estimate of drug-likeness (QED) is 0.447. The summed E-state index contributed by atoms with van der Waals surface area (Å²) in [5.41, 5.74) is 6.32. The van der Waals surface area contributed by atoms with Gasteiger partial charge in [-0.1, -0.05) is 13.3 Å². The molecule has 1 aromatic rings. The van der Waals surface area contributed by atoms with Gasteiger partial charge in [-0.15, -0.1) is 0 Å². The number of unbranched alkanes of at least 4 members (excludes halogenated alkanes) is 1. The second-order valence-corrected chi connectivity index (χ2v) is 4.24. The Hall–Kier alpha value is -2.24. The fraction of sp³-hybridized carbons (Fsp3) is 0.429. The Morgan fingerprint density at radius 2 is 2.10 bits per heavy atom. The summed E-state index contributed by atoms with van der Waals surface area (Å²) < 4.78 is 9.89. The van der Waals surface area contributed by atoms with Gasteiger partial charge in [0.2, 0.25) is 0 Å². The van der Waals surface area contributed by atoms with Crippen LogP contribution in [0.2, 0.25) is 0 Å². The summed E-state index contributed by atoms with van der Waals surface area (Å²) in [4.78, 5) is 23.1. The van der Waals surface area contributed by atoms with Crippen LogP contribution in [-0.2, 0) is 9.53 Å². The lowest BCUT2D eigenvalue weighted by molar-refractivity contribution is -0.124. The van der Waals surface area contributed by atoms with Crippen molar-refractivity contribution in [3.63, 3.8) is 0 Å². The third-order valence-electron chi connectivity index (χ3n) is 2.65. The summed E-state index contributed by atoms with van der Waals surface area (Å²) in [5, 5.41) is 2.66. The highest BCUT2D eigenvalue weighted by Crippen LogP contribution is 2.22. The zero-order chi connectivity index (χ0) is 15.0. The Bertz CT molecular complexity index is 474. The number of carbonyl (C=O) groups excluding carboxylic acids is 2. The lowest BCUT2D eigenvalue weighted by Gasteiger charge is -2.08. The SMILES string of the molecule is CCCCNC(=O)COC(=O)c1ccc(OC)c(N)c1. The third kappa shape index (κ3) is 4.79. The van der Waals surface area contributed by atoms with Crippen molar-refractivity contribution in [2.75, 3.05) is 26.0 Å². The van der Waals surface area contributed by atoms with Gasteiger partial charge in [0.25, 0.3) is 5.91 Å². The number of benzene rings is 1. The number of esters is 1. The van der Waals surface area contributed by atoms with Crippen molar-refractivity contribution in [1.29, 1.82) is 0 Å². The Balaban J connectivity index is 2.46. The van der Waals surface area contributed by atoms with Crippen molar-refractivity contribution in [1.82, 2.24) is 5.32 Å². The maximum atomic E-state index is 11.7. The molecule has 110 valence electrons. The first-order chi connectivity index (χ1) is 9.58. The summed E-state index contributed by atoms with van der Waals surface area (Å²) in [7, 11) is 1.49. The highest BCUT2D eigenvalue weighted by molar-refractivity contribution is 5.92. The van der Waals surface area contributed by atoms with Crippen LogP contribution in [0.3, 0.4) is 0 Å². The van der Waals surface area contributed by atoms with E-state index in [9.17, 15) is 9.59 Å². The number of carbonyl (C=O) groups is 2. The summed E-state index contributed by atoms with van der Waals surface area (Å²) in [6, 6.07) is 4.57. The summed E-state index contributed by atoms with van der Waals surface area (Å²) in [5.74, 6) is -0.419. The van der Waals surface area contributed by atoms with Crippen LogP contribution >= 0.6 is 0 Å². The fourth-order valence-electron chi connectivity index (χ4n) is 1.53. The molecule has 0 aliphatic rings. The first-order valence-corrected chi connectivity index (χ1v) is 6.45. The molecule has 0 spiro atoms. The van der Waals surface area contributed by atoms with Gasteiger partial charge in [-0.3, -0.25) is 4.79 Å². The normalized spacial score (nSPS) is 9.90. The van der Waals surface area contributed by atoms with E-state index in [1.165, 1.54) is 19.2 Å². The van der Waals surface area contributed by atoms with Crippen LogP contribution in [0.25, 0.3) is 0 Å². The minimum absolute atomic E-state index is 0.282. The summed E-state index contributed by atoms with van der Waals surface area (Å²) in [6.45, 7) is 2.32. The predicted molar refractivity (Wildman–Crippen MR) is 75.6 cm³/mol. The molecule has 0 saturated heterocycles. The molecule has 0 saturated carbocycles. The number of amides is 1. The molecule has 0 aliphatic heterocycles. The van der Waals surface area contributed by atoms with Crippen molar-refractivity contribution < 1.29 is 19.1 Å². The number of hydrogen-bond acceptors (Lipinski definition) is 5. The smallest absolute Gasteiger partial charge is 0.338 e. The summed E-state index contributed by atoms with van der Waals surface area (Å²) in [6.07, 6.45) is 1.89. The van der Waals surface area contributed by atoms with Crippen molar-refractivity contribution in [2.45, 2.75) is 19.8 Å². The second-order valence-electron chi connectivity index (χ2n) is 4.24. The summed E-state index contributed by atoms with van der Waals surface area (Å²) >= 11 is 0. The first kappa shape index (κ1) is 15.8. The van der Waals surface area contributed by atoms with Gasteiger partial charge in [0.05, 0.1) is 18.4 Å². The molecule has 1 aromatic carbocycles. The minimum atomic E-state index is -0.593. The van der Waals surface area contributed by atoms with E-state index in [2.05, 4.69) is 5.32 Å². The number of hydrogen-bond donors (Lipinski definition) is 2. The molecule has 0 heterocycles. The number of methoxy groups -OCH3 is 1. The molecule has 1 amide bonds. The Morgan fingerprint density at radius 1 is 1.35 bits per heavy atom. The van der Waals surface area contributed by atoms with Gasteiger partial charge in [-0.25, -0.2) is 4.79 Å². The zero-order valence-corrected chi connectivity index (χ0v) is 11.8. The van der Waals surface area contributed by atoms with Crippen LogP contribution in [0.15, 0.2) is 18.2 Å². The van der Waals surface area contributed by atoms with Crippen molar-refractivity contribution in [3.8, 4) is 5.75 Å². The maximum Gasteiger partial charge on any atom is 0.338 e. The average Bonchev–Trinajstić information content (AvgIpc) is 2.45. The molecule has 6 nitrogen and oxygen atoms in total. The highest BCUT2D eigenvalue weighted by atomic mass is 16.5. The van der Waals surface area contributed by atoms with Crippen molar-refractivity contribution in [3.05, 3.63) is 23.8 Å². The Kier molecular flexibility index (Phi) is 6.36. The maximum absolute atomic E-state index is 11.7. The van der Waals surface area contributed by atoms with Crippen molar-refractivity contribution >= 4 is 17.6 Å². The van der Waals surface area contributed by atoms with E-state index in [0.717, 1.165) is 12.8 Å². The van der Waals surface area contributed by atoms with E-state index < -0.39 is 5.97 Å². The Labute approximate surface area is 118 Å². The molecule has 0 radical (unpaired) electrons. The number of nitrogen functional groups attached to an aromatic ring is 1. The van der Waals surface area contributed by atoms with Gasteiger partial charge in [0, 0.05) is 6.54 Å².